The van der Waals surface area contributed by atoms with E-state index in [9.17, 15) is 21.6 Å². The molecule has 0 spiro atoms. The van der Waals surface area contributed by atoms with Crippen molar-refractivity contribution in [3.63, 3.8) is 0 Å². The van der Waals surface area contributed by atoms with Crippen LogP contribution in [-0.2, 0) is 21.4 Å². The van der Waals surface area contributed by atoms with Crippen molar-refractivity contribution in [3.05, 3.63) is 64.4 Å². The van der Waals surface area contributed by atoms with Gasteiger partial charge in [0.1, 0.15) is 22.3 Å². The zero-order valence-corrected chi connectivity index (χ0v) is 14.3. The molecule has 0 unspecified atom stereocenters. The molecular formula is C16H13ClF3NO3S. The van der Waals surface area contributed by atoms with Gasteiger partial charge in [-0.2, -0.15) is 4.31 Å². The van der Waals surface area contributed by atoms with Crippen LogP contribution in [0.25, 0.3) is 0 Å². The topological polar surface area (TPSA) is 46.6 Å². The monoisotopic (exact) mass is 391 g/mol. The zero-order valence-electron chi connectivity index (χ0n) is 12.8. The van der Waals surface area contributed by atoms with Crippen LogP contribution in [0.1, 0.15) is 5.56 Å². The van der Waals surface area contributed by atoms with Gasteiger partial charge in [0, 0.05) is 18.1 Å². The first kappa shape index (κ1) is 18.2. The molecule has 0 amide bonds. The van der Waals surface area contributed by atoms with E-state index in [1.165, 1.54) is 12.1 Å². The third-order valence-electron chi connectivity index (χ3n) is 3.82. The number of halogens is 4. The second kappa shape index (κ2) is 6.95. The number of benzene rings is 2. The maximum atomic E-state index is 13.7. The zero-order chi connectivity index (χ0) is 18.2. The Labute approximate surface area is 147 Å². The molecule has 0 saturated carbocycles. The van der Waals surface area contributed by atoms with Crippen LogP contribution in [0.5, 0.6) is 0 Å². The van der Waals surface area contributed by atoms with Gasteiger partial charge >= 0.3 is 0 Å². The van der Waals surface area contributed by atoms with E-state index in [1.54, 1.807) is 0 Å². The third kappa shape index (κ3) is 3.82. The third-order valence-corrected chi connectivity index (χ3v) is 6.01. The molecule has 0 atom stereocenters. The largest absolute Gasteiger partial charge is 0.371 e. The molecule has 1 heterocycles. The SMILES string of the molecule is O=S(=O)(c1cc(F)ccc1F)N1CC(OCc2ccc(F)cc2Cl)C1. The fourth-order valence-corrected chi connectivity index (χ4v) is 4.16. The van der Waals surface area contributed by atoms with Gasteiger partial charge in [-0.05, 0) is 35.9 Å². The molecule has 25 heavy (non-hydrogen) atoms. The molecule has 1 aliphatic rings. The normalized spacial score (nSPS) is 16.0. The van der Waals surface area contributed by atoms with E-state index < -0.39 is 38.5 Å². The molecule has 4 nitrogen and oxygen atoms in total. The maximum absolute atomic E-state index is 13.7. The van der Waals surface area contributed by atoms with Gasteiger partial charge < -0.3 is 4.74 Å². The van der Waals surface area contributed by atoms with E-state index in [4.69, 9.17) is 16.3 Å². The average Bonchev–Trinajstić information content (AvgIpc) is 2.49. The summed E-state index contributed by atoms with van der Waals surface area (Å²) >= 11 is 5.88. The lowest BCUT2D eigenvalue weighted by Crippen LogP contribution is -2.54. The van der Waals surface area contributed by atoms with Crippen LogP contribution >= 0.6 is 11.6 Å². The van der Waals surface area contributed by atoms with Crippen LogP contribution < -0.4 is 0 Å². The smallest absolute Gasteiger partial charge is 0.246 e. The van der Waals surface area contributed by atoms with Gasteiger partial charge in [-0.1, -0.05) is 17.7 Å². The molecule has 9 heteroatoms. The Morgan fingerprint density at radius 2 is 1.72 bits per heavy atom. The van der Waals surface area contributed by atoms with Crippen LogP contribution in [-0.4, -0.2) is 31.9 Å². The van der Waals surface area contributed by atoms with Gasteiger partial charge in [0.25, 0.3) is 0 Å². The van der Waals surface area contributed by atoms with Crippen LogP contribution in [0.15, 0.2) is 41.3 Å². The Morgan fingerprint density at radius 1 is 1.08 bits per heavy atom. The Balaban J connectivity index is 1.61. The summed E-state index contributed by atoms with van der Waals surface area (Å²) in [5.74, 6) is -2.31. The highest BCUT2D eigenvalue weighted by Gasteiger charge is 2.38. The van der Waals surface area contributed by atoms with Gasteiger partial charge in [0.2, 0.25) is 10.0 Å². The standard InChI is InChI=1S/C16H13ClF3NO3S/c17-14-5-11(18)2-1-10(14)9-24-13-7-21(8-13)25(22,23)16-6-12(19)3-4-15(16)20/h1-6,13H,7-9H2. The molecule has 0 aromatic heterocycles. The van der Waals surface area contributed by atoms with Crippen LogP contribution in [0.4, 0.5) is 13.2 Å². The lowest BCUT2D eigenvalue weighted by atomic mass is 10.2. The van der Waals surface area contributed by atoms with Crippen molar-refractivity contribution in [2.45, 2.75) is 17.6 Å². The molecule has 1 saturated heterocycles. The summed E-state index contributed by atoms with van der Waals surface area (Å²) in [6, 6.07) is 6.15. The maximum Gasteiger partial charge on any atom is 0.246 e. The fourth-order valence-electron chi connectivity index (χ4n) is 2.36. The predicted octanol–water partition coefficient (Wildman–Crippen LogP) is 3.35. The fraction of sp³-hybridized carbons (Fsp3) is 0.250. The summed E-state index contributed by atoms with van der Waals surface area (Å²) < 4.78 is 71.0. The first-order chi connectivity index (χ1) is 11.8. The molecule has 0 aliphatic carbocycles. The van der Waals surface area contributed by atoms with Crippen LogP contribution in [0.3, 0.4) is 0 Å². The van der Waals surface area contributed by atoms with Crippen LogP contribution in [0, 0.1) is 17.5 Å². The molecule has 1 aliphatic heterocycles. The van der Waals surface area contributed by atoms with Crippen molar-refractivity contribution >= 4 is 21.6 Å². The first-order valence-electron chi connectivity index (χ1n) is 7.28. The van der Waals surface area contributed by atoms with E-state index in [1.807, 2.05) is 0 Å². The van der Waals surface area contributed by atoms with Gasteiger partial charge in [0.15, 0.2) is 0 Å². The molecule has 0 bridgehead atoms. The summed E-state index contributed by atoms with van der Waals surface area (Å²) in [6.07, 6.45) is -0.410. The van der Waals surface area contributed by atoms with Gasteiger partial charge in [0.05, 0.1) is 12.7 Å². The number of hydrogen-bond donors (Lipinski definition) is 0. The van der Waals surface area contributed by atoms with Crippen molar-refractivity contribution in [2.75, 3.05) is 13.1 Å². The molecule has 0 radical (unpaired) electrons. The summed E-state index contributed by atoms with van der Waals surface area (Å²) in [5, 5.41) is 0.214. The van der Waals surface area contributed by atoms with Crippen molar-refractivity contribution in [3.8, 4) is 0 Å². The number of hydrogen-bond acceptors (Lipinski definition) is 3. The molecule has 2 aromatic carbocycles. The lowest BCUT2D eigenvalue weighted by molar-refractivity contribution is -0.0296. The van der Waals surface area contributed by atoms with E-state index in [-0.39, 0.29) is 24.7 Å². The number of nitrogens with zero attached hydrogens (tertiary/aromatic N) is 1. The number of sulfonamides is 1. The highest BCUT2D eigenvalue weighted by Crippen LogP contribution is 2.27. The second-order valence-corrected chi connectivity index (χ2v) is 7.88. The molecule has 134 valence electrons. The minimum Gasteiger partial charge on any atom is -0.371 e. The van der Waals surface area contributed by atoms with E-state index in [2.05, 4.69) is 0 Å². The Morgan fingerprint density at radius 3 is 2.40 bits per heavy atom. The number of rotatable bonds is 5. The average molecular weight is 392 g/mol. The van der Waals surface area contributed by atoms with Crippen molar-refractivity contribution < 1.29 is 26.3 Å². The molecule has 1 fully saturated rings. The van der Waals surface area contributed by atoms with Gasteiger partial charge in [-0.25, -0.2) is 21.6 Å². The Bertz CT molecular complexity index is 901. The Kier molecular flexibility index (Phi) is 5.06. The van der Waals surface area contributed by atoms with E-state index >= 15 is 0 Å². The van der Waals surface area contributed by atoms with E-state index in [0.29, 0.717) is 11.6 Å². The van der Waals surface area contributed by atoms with Gasteiger partial charge in [-0.3, -0.25) is 0 Å². The predicted molar refractivity (Wildman–Crippen MR) is 85.1 cm³/mol. The highest BCUT2D eigenvalue weighted by molar-refractivity contribution is 7.89. The van der Waals surface area contributed by atoms with Crippen molar-refractivity contribution in [1.82, 2.24) is 4.31 Å². The summed E-state index contributed by atoms with van der Waals surface area (Å²) in [5.41, 5.74) is 0.570. The van der Waals surface area contributed by atoms with Gasteiger partial charge in [-0.15, -0.1) is 0 Å². The quantitative estimate of drug-likeness (QED) is 0.785. The summed E-state index contributed by atoms with van der Waals surface area (Å²) in [4.78, 5) is -0.701. The Hall–Kier alpha value is -1.61. The molecular weight excluding hydrogens is 379 g/mol. The minimum atomic E-state index is -4.12. The number of ether oxygens (including phenoxy) is 1. The lowest BCUT2D eigenvalue weighted by Gasteiger charge is -2.37. The highest BCUT2D eigenvalue weighted by atomic mass is 35.5. The van der Waals surface area contributed by atoms with E-state index in [0.717, 1.165) is 22.5 Å². The minimum absolute atomic E-state index is 0.0110. The summed E-state index contributed by atoms with van der Waals surface area (Å²) in [6.45, 7) is 0.111. The molecule has 0 N–H and O–H groups in total. The molecule has 2 aromatic rings. The first-order valence-corrected chi connectivity index (χ1v) is 9.10. The van der Waals surface area contributed by atoms with Crippen LogP contribution in [0.2, 0.25) is 5.02 Å². The van der Waals surface area contributed by atoms with Crippen molar-refractivity contribution in [2.24, 2.45) is 0 Å². The summed E-state index contributed by atoms with van der Waals surface area (Å²) in [7, 11) is -4.12. The molecule has 3 rings (SSSR count). The second-order valence-electron chi connectivity index (χ2n) is 5.57. The van der Waals surface area contributed by atoms with Crippen molar-refractivity contribution in [1.29, 1.82) is 0 Å².